The SMILES string of the molecule is CC(=O)N1CCC[C@H]1CBr. The predicted molar refractivity (Wildman–Crippen MR) is 44.2 cm³/mol. The molecule has 0 aliphatic carbocycles. The van der Waals surface area contributed by atoms with Crippen molar-refractivity contribution in [2.45, 2.75) is 25.8 Å². The number of carbonyl (C=O) groups is 1. The maximum atomic E-state index is 10.9. The predicted octanol–water partition coefficient (Wildman–Crippen LogP) is 1.39. The van der Waals surface area contributed by atoms with Gasteiger partial charge in [-0.1, -0.05) is 15.9 Å². The molecule has 1 saturated heterocycles. The van der Waals surface area contributed by atoms with Crippen LogP contribution < -0.4 is 0 Å². The highest BCUT2D eigenvalue weighted by molar-refractivity contribution is 9.09. The zero-order valence-electron chi connectivity index (χ0n) is 6.14. The Balaban J connectivity index is 2.50. The number of hydrogen-bond donors (Lipinski definition) is 0. The van der Waals surface area contributed by atoms with Crippen LogP contribution in [0, 0.1) is 0 Å². The van der Waals surface area contributed by atoms with Crippen LogP contribution in [0.25, 0.3) is 0 Å². The van der Waals surface area contributed by atoms with Crippen molar-refractivity contribution in [1.82, 2.24) is 4.90 Å². The van der Waals surface area contributed by atoms with Crippen LogP contribution in [0.3, 0.4) is 0 Å². The first-order valence-corrected chi connectivity index (χ1v) is 4.71. The van der Waals surface area contributed by atoms with E-state index in [0.29, 0.717) is 6.04 Å². The first kappa shape index (κ1) is 8.05. The Morgan fingerprint density at radius 2 is 2.50 bits per heavy atom. The highest BCUT2D eigenvalue weighted by Crippen LogP contribution is 2.18. The van der Waals surface area contributed by atoms with E-state index in [1.165, 1.54) is 0 Å². The summed E-state index contributed by atoms with van der Waals surface area (Å²) in [4.78, 5) is 12.9. The largest absolute Gasteiger partial charge is 0.339 e. The van der Waals surface area contributed by atoms with Gasteiger partial charge in [0.2, 0.25) is 5.91 Å². The van der Waals surface area contributed by atoms with Crippen LogP contribution in [0.15, 0.2) is 0 Å². The standard InChI is InChI=1S/C7H12BrNO/c1-6(10)9-4-2-3-7(9)5-8/h7H,2-5H2,1H3/t7-/m0/s1. The van der Waals surface area contributed by atoms with Crippen LogP contribution in [0.4, 0.5) is 0 Å². The summed E-state index contributed by atoms with van der Waals surface area (Å²) in [6.45, 7) is 2.59. The molecule has 1 fully saturated rings. The summed E-state index contributed by atoms with van der Waals surface area (Å²) < 4.78 is 0. The summed E-state index contributed by atoms with van der Waals surface area (Å²) in [6, 6.07) is 0.456. The average Bonchev–Trinajstić information content (AvgIpc) is 2.33. The Bertz CT molecular complexity index is 138. The van der Waals surface area contributed by atoms with Gasteiger partial charge in [0.05, 0.1) is 0 Å². The zero-order chi connectivity index (χ0) is 7.56. The molecule has 1 heterocycles. The highest BCUT2D eigenvalue weighted by Gasteiger charge is 2.24. The van der Waals surface area contributed by atoms with E-state index in [4.69, 9.17) is 0 Å². The normalized spacial score (nSPS) is 25.4. The number of hydrogen-bond acceptors (Lipinski definition) is 1. The van der Waals surface area contributed by atoms with E-state index in [1.807, 2.05) is 4.90 Å². The molecular formula is C7H12BrNO. The molecule has 1 rings (SSSR count). The van der Waals surface area contributed by atoms with Crippen molar-refractivity contribution in [2.75, 3.05) is 11.9 Å². The summed E-state index contributed by atoms with van der Waals surface area (Å²) in [6.07, 6.45) is 2.32. The summed E-state index contributed by atoms with van der Waals surface area (Å²) in [5.74, 6) is 0.210. The molecule has 0 unspecified atom stereocenters. The van der Waals surface area contributed by atoms with Crippen molar-refractivity contribution in [3.63, 3.8) is 0 Å². The Labute approximate surface area is 69.7 Å². The molecule has 3 heteroatoms. The fourth-order valence-corrected chi connectivity index (χ4v) is 2.08. The molecule has 0 N–H and O–H groups in total. The number of halogens is 1. The van der Waals surface area contributed by atoms with Crippen molar-refractivity contribution in [2.24, 2.45) is 0 Å². The van der Waals surface area contributed by atoms with E-state index in [9.17, 15) is 4.79 Å². The summed E-state index contributed by atoms with van der Waals surface area (Å²) in [5, 5.41) is 0.923. The lowest BCUT2D eigenvalue weighted by Crippen LogP contribution is -2.34. The molecule has 0 radical (unpaired) electrons. The Morgan fingerprint density at radius 3 is 2.90 bits per heavy atom. The monoisotopic (exact) mass is 205 g/mol. The first-order chi connectivity index (χ1) is 4.75. The lowest BCUT2D eigenvalue weighted by molar-refractivity contribution is -0.129. The number of likely N-dealkylation sites (tertiary alicyclic amines) is 1. The van der Waals surface area contributed by atoms with E-state index in [2.05, 4.69) is 15.9 Å². The molecule has 0 aromatic rings. The number of carbonyl (C=O) groups excluding carboxylic acids is 1. The van der Waals surface area contributed by atoms with Gasteiger partial charge >= 0.3 is 0 Å². The lowest BCUT2D eigenvalue weighted by atomic mass is 10.2. The second-order valence-electron chi connectivity index (χ2n) is 2.66. The molecular weight excluding hydrogens is 194 g/mol. The van der Waals surface area contributed by atoms with Crippen molar-refractivity contribution in [1.29, 1.82) is 0 Å². The summed E-state index contributed by atoms with van der Waals surface area (Å²) in [5.41, 5.74) is 0. The molecule has 0 aromatic carbocycles. The van der Waals surface area contributed by atoms with Crippen LogP contribution in [-0.4, -0.2) is 28.7 Å². The van der Waals surface area contributed by atoms with Crippen molar-refractivity contribution >= 4 is 21.8 Å². The Kier molecular flexibility index (Phi) is 2.72. The van der Waals surface area contributed by atoms with E-state index in [0.717, 1.165) is 24.7 Å². The molecule has 1 atom stereocenters. The third kappa shape index (κ3) is 1.51. The maximum Gasteiger partial charge on any atom is 0.219 e. The summed E-state index contributed by atoms with van der Waals surface area (Å²) >= 11 is 3.39. The van der Waals surface area contributed by atoms with E-state index >= 15 is 0 Å². The fraction of sp³-hybridized carbons (Fsp3) is 0.857. The molecule has 58 valence electrons. The van der Waals surface area contributed by atoms with Crippen LogP contribution >= 0.6 is 15.9 Å². The molecule has 1 aliphatic heterocycles. The molecule has 2 nitrogen and oxygen atoms in total. The third-order valence-corrected chi connectivity index (χ3v) is 2.71. The molecule has 0 aromatic heterocycles. The second kappa shape index (κ2) is 3.37. The molecule has 10 heavy (non-hydrogen) atoms. The van der Waals surface area contributed by atoms with Crippen molar-refractivity contribution < 1.29 is 4.79 Å². The fourth-order valence-electron chi connectivity index (χ4n) is 1.41. The number of alkyl halides is 1. The quantitative estimate of drug-likeness (QED) is 0.593. The van der Waals surface area contributed by atoms with E-state index in [1.54, 1.807) is 6.92 Å². The van der Waals surface area contributed by atoms with Gasteiger partial charge in [-0.25, -0.2) is 0 Å². The second-order valence-corrected chi connectivity index (χ2v) is 3.31. The molecule has 0 bridgehead atoms. The average molecular weight is 206 g/mol. The van der Waals surface area contributed by atoms with Crippen LogP contribution in [0.5, 0.6) is 0 Å². The number of amides is 1. The Hall–Kier alpha value is -0.0500. The topological polar surface area (TPSA) is 20.3 Å². The van der Waals surface area contributed by atoms with Crippen molar-refractivity contribution in [3.8, 4) is 0 Å². The molecule has 0 saturated carbocycles. The van der Waals surface area contributed by atoms with Gasteiger partial charge in [-0.05, 0) is 12.8 Å². The highest BCUT2D eigenvalue weighted by atomic mass is 79.9. The van der Waals surface area contributed by atoms with E-state index < -0.39 is 0 Å². The number of nitrogens with zero attached hydrogens (tertiary/aromatic N) is 1. The van der Waals surface area contributed by atoms with Gasteiger partial charge in [0.15, 0.2) is 0 Å². The van der Waals surface area contributed by atoms with Gasteiger partial charge in [-0.2, -0.15) is 0 Å². The van der Waals surface area contributed by atoms with Gasteiger partial charge in [-0.15, -0.1) is 0 Å². The first-order valence-electron chi connectivity index (χ1n) is 3.59. The minimum atomic E-state index is 0.210. The summed E-state index contributed by atoms with van der Waals surface area (Å²) in [7, 11) is 0. The third-order valence-electron chi connectivity index (χ3n) is 1.96. The molecule has 1 aliphatic rings. The Morgan fingerprint density at radius 1 is 1.80 bits per heavy atom. The van der Waals surface area contributed by atoms with Gasteiger partial charge in [0.25, 0.3) is 0 Å². The molecule has 1 amide bonds. The van der Waals surface area contributed by atoms with Gasteiger partial charge in [0, 0.05) is 24.8 Å². The number of rotatable bonds is 1. The van der Waals surface area contributed by atoms with Gasteiger partial charge in [-0.3, -0.25) is 4.79 Å². The van der Waals surface area contributed by atoms with Crippen LogP contribution in [-0.2, 0) is 4.79 Å². The smallest absolute Gasteiger partial charge is 0.219 e. The minimum Gasteiger partial charge on any atom is -0.339 e. The van der Waals surface area contributed by atoms with Crippen LogP contribution in [0.2, 0.25) is 0 Å². The van der Waals surface area contributed by atoms with Gasteiger partial charge in [0.1, 0.15) is 0 Å². The minimum absolute atomic E-state index is 0.210. The van der Waals surface area contributed by atoms with Crippen molar-refractivity contribution in [3.05, 3.63) is 0 Å². The van der Waals surface area contributed by atoms with Crippen LogP contribution in [0.1, 0.15) is 19.8 Å². The maximum absolute atomic E-state index is 10.9. The van der Waals surface area contributed by atoms with Gasteiger partial charge < -0.3 is 4.90 Å². The lowest BCUT2D eigenvalue weighted by Gasteiger charge is -2.20. The van der Waals surface area contributed by atoms with E-state index in [-0.39, 0.29) is 5.91 Å². The zero-order valence-corrected chi connectivity index (χ0v) is 7.73. The molecule has 0 spiro atoms.